The second-order valence-corrected chi connectivity index (χ2v) is 0.787. The van der Waals surface area contributed by atoms with Crippen LogP contribution in [0.25, 0.3) is 0 Å². The van der Waals surface area contributed by atoms with Crippen LogP contribution in [0.1, 0.15) is 0 Å². The lowest BCUT2D eigenvalue weighted by Gasteiger charge is -1.52. The van der Waals surface area contributed by atoms with Gasteiger partial charge in [0.15, 0.2) is 0 Å². The predicted octanol–water partition coefficient (Wildman–Crippen LogP) is 1.10. The fraction of sp³-hybridized carbons (Fsp3) is 0. The summed E-state index contributed by atoms with van der Waals surface area (Å²) in [5.74, 6) is 0. The van der Waals surface area contributed by atoms with E-state index in [1.807, 2.05) is 0 Å². The van der Waals surface area contributed by atoms with Gasteiger partial charge in [-0.25, -0.2) is 0 Å². The van der Waals surface area contributed by atoms with Crippen LogP contribution < -0.4 is 0 Å². The second kappa shape index (κ2) is 2.91. The van der Waals surface area contributed by atoms with Crippen LogP contribution in [-0.4, -0.2) is 0 Å². The average molecular weight is 71.1 g/mol. The molecule has 4 heavy (non-hydrogen) atoms. The quantitative estimate of drug-likeness (QED) is 0.385. The van der Waals surface area contributed by atoms with Gasteiger partial charge in [-0.1, -0.05) is 11.8 Å². The Kier molecular flexibility index (Phi) is 2.84. The molecule has 0 saturated heterocycles. The Bertz CT molecular complexity index is 33.0. The van der Waals surface area contributed by atoms with Crippen LogP contribution in [0, 0.1) is 17.9 Å². The number of thioether (sulfide) groups is 1. The molecule has 0 bridgehead atoms. The first kappa shape index (κ1) is 3.91. The third-order valence-corrected chi connectivity index (χ3v) is 0.250. The largest absolute Gasteiger partial charge is 0.108 e. The zero-order chi connectivity index (χ0) is 3.41. The molecule has 0 aliphatic heterocycles. The van der Waals surface area contributed by atoms with Crippen LogP contribution in [0.15, 0.2) is 0 Å². The summed E-state index contributed by atoms with van der Waals surface area (Å²) in [4.78, 5) is 0. The first-order valence-electron chi connectivity index (χ1n) is 0.781. The van der Waals surface area contributed by atoms with Crippen LogP contribution in [0.3, 0.4) is 0 Å². The van der Waals surface area contributed by atoms with Crippen molar-refractivity contribution < 1.29 is 0 Å². The van der Waals surface area contributed by atoms with E-state index in [1.54, 1.807) is 0 Å². The van der Waals surface area contributed by atoms with Gasteiger partial charge in [0.1, 0.15) is 0 Å². The molecule has 0 atom stereocenters. The smallest absolute Gasteiger partial charge is 0.0157 e. The molecule has 0 saturated carbocycles. The monoisotopic (exact) mass is 71.0 g/mol. The maximum Gasteiger partial charge on any atom is 0.0157 e. The Balaban J connectivity index is 2.43. The van der Waals surface area contributed by atoms with E-state index in [4.69, 9.17) is 0 Å². The van der Waals surface area contributed by atoms with E-state index >= 15 is 0 Å². The third kappa shape index (κ3) is 1.91. The van der Waals surface area contributed by atoms with E-state index in [0.717, 1.165) is 11.8 Å². The molecule has 0 N–H and O–H groups in total. The van der Waals surface area contributed by atoms with E-state index in [-0.39, 0.29) is 0 Å². The van der Waals surface area contributed by atoms with Gasteiger partial charge in [-0.05, 0) is 5.25 Å². The minimum absolute atomic E-state index is 1.13. The molecule has 0 amide bonds. The lowest BCUT2D eigenvalue weighted by atomic mass is 11.4. The zero-order valence-electron chi connectivity index (χ0n) is 2.19. The maximum absolute atomic E-state index is 4.68. The van der Waals surface area contributed by atoms with Crippen molar-refractivity contribution in [1.29, 1.82) is 0 Å². The molecule has 0 fully saturated rings. The van der Waals surface area contributed by atoms with E-state index < -0.39 is 0 Å². The van der Waals surface area contributed by atoms with Crippen molar-refractivity contribution in [3.8, 4) is 11.7 Å². The van der Waals surface area contributed by atoms with E-state index in [1.165, 1.54) is 0 Å². The fourth-order valence-corrected chi connectivity index (χ4v) is 0. The molecular weight excluding hydrogens is 68.1 g/mol. The zero-order valence-corrected chi connectivity index (χ0v) is 3.01. The summed E-state index contributed by atoms with van der Waals surface area (Å²) < 4.78 is 0. The standard InChI is InChI=1S/C3H3S/c1-3-4-2/h1H,2H2. The molecule has 0 spiro atoms. The highest BCUT2D eigenvalue weighted by atomic mass is 32.2. The second-order valence-electron chi connectivity index (χ2n) is 0.262. The lowest BCUT2D eigenvalue weighted by molar-refractivity contribution is 2.92. The predicted molar refractivity (Wildman–Crippen MR) is 21.8 cm³/mol. The summed E-state index contributed by atoms with van der Waals surface area (Å²) in [6.07, 6.45) is 7.96. The molecular formula is C3H3S. The summed E-state index contributed by atoms with van der Waals surface area (Å²) in [5, 5.41) is 2.24. The van der Waals surface area contributed by atoms with Gasteiger partial charge < -0.3 is 0 Å². The summed E-state index contributed by atoms with van der Waals surface area (Å²) >= 11 is 1.13. The average Bonchev–Trinajstić information content (AvgIpc) is 1.37. The molecule has 0 heterocycles. The van der Waals surface area contributed by atoms with Crippen molar-refractivity contribution in [3.63, 3.8) is 0 Å². The van der Waals surface area contributed by atoms with Crippen LogP contribution in [0.5, 0.6) is 0 Å². The van der Waals surface area contributed by atoms with Gasteiger partial charge in [-0.2, -0.15) is 0 Å². The highest BCUT2D eigenvalue weighted by Crippen LogP contribution is 1.83. The van der Waals surface area contributed by atoms with Crippen molar-refractivity contribution in [2.75, 3.05) is 0 Å². The molecule has 0 aliphatic rings. The Labute approximate surface area is 30.6 Å². The normalized spacial score (nSPS) is 5.00. The molecule has 21 valence electrons. The Morgan fingerprint density at radius 1 is 2.00 bits per heavy atom. The van der Waals surface area contributed by atoms with Crippen molar-refractivity contribution >= 4 is 11.8 Å². The Morgan fingerprint density at radius 2 is 2.25 bits per heavy atom. The minimum Gasteiger partial charge on any atom is -0.108 e. The summed E-state index contributed by atoms with van der Waals surface area (Å²) in [7, 11) is 0. The van der Waals surface area contributed by atoms with Crippen molar-refractivity contribution in [2.45, 2.75) is 0 Å². The maximum atomic E-state index is 4.68. The van der Waals surface area contributed by atoms with Gasteiger partial charge in [0.05, 0.1) is 0 Å². The number of terminal acetylenes is 1. The number of hydrogen-bond donors (Lipinski definition) is 0. The van der Waals surface area contributed by atoms with E-state index in [0.29, 0.717) is 0 Å². The fourth-order valence-electron chi connectivity index (χ4n) is 0. The third-order valence-electron chi connectivity index (χ3n) is 0.0833. The van der Waals surface area contributed by atoms with Gasteiger partial charge in [0.2, 0.25) is 0 Å². The lowest BCUT2D eigenvalue weighted by Crippen LogP contribution is -1.20. The molecule has 0 aromatic carbocycles. The molecule has 1 radical (unpaired) electrons. The van der Waals surface area contributed by atoms with Crippen LogP contribution in [0.2, 0.25) is 0 Å². The van der Waals surface area contributed by atoms with E-state index in [2.05, 4.69) is 17.9 Å². The van der Waals surface area contributed by atoms with Crippen molar-refractivity contribution in [1.82, 2.24) is 0 Å². The minimum atomic E-state index is 1.13. The highest BCUT2D eigenvalue weighted by Gasteiger charge is 1.43. The molecule has 0 aliphatic carbocycles. The van der Waals surface area contributed by atoms with E-state index in [9.17, 15) is 0 Å². The number of hydrogen-bond acceptors (Lipinski definition) is 1. The molecule has 0 unspecified atom stereocenters. The van der Waals surface area contributed by atoms with Gasteiger partial charge in [0.25, 0.3) is 0 Å². The van der Waals surface area contributed by atoms with Crippen LogP contribution in [-0.2, 0) is 0 Å². The van der Waals surface area contributed by atoms with Gasteiger partial charge in [0, 0.05) is 6.26 Å². The summed E-state index contributed by atoms with van der Waals surface area (Å²) in [5.41, 5.74) is 0. The SMILES string of the molecule is C#CS[CH2]. The first-order chi connectivity index (χ1) is 1.91. The summed E-state index contributed by atoms with van der Waals surface area (Å²) in [6, 6.07) is 0. The van der Waals surface area contributed by atoms with Crippen molar-refractivity contribution in [3.05, 3.63) is 6.26 Å². The molecule has 0 nitrogen and oxygen atoms in total. The Hall–Kier alpha value is -0.0900. The molecule has 1 heteroatoms. The highest BCUT2D eigenvalue weighted by molar-refractivity contribution is 8.04. The molecule has 0 rings (SSSR count). The molecule has 0 aromatic heterocycles. The van der Waals surface area contributed by atoms with Gasteiger partial charge in [-0.3, -0.25) is 0 Å². The Morgan fingerprint density at radius 3 is 2.25 bits per heavy atom. The summed E-state index contributed by atoms with van der Waals surface area (Å²) in [6.45, 7) is 0. The van der Waals surface area contributed by atoms with Crippen molar-refractivity contribution in [2.24, 2.45) is 0 Å². The van der Waals surface area contributed by atoms with Gasteiger partial charge in [-0.15, -0.1) is 6.42 Å². The first-order valence-corrected chi connectivity index (χ1v) is 1.77. The van der Waals surface area contributed by atoms with Crippen LogP contribution >= 0.6 is 11.8 Å². The topological polar surface area (TPSA) is 0 Å². The van der Waals surface area contributed by atoms with Gasteiger partial charge >= 0.3 is 0 Å². The van der Waals surface area contributed by atoms with Crippen LogP contribution in [0.4, 0.5) is 0 Å². The molecule has 0 aromatic rings. The number of rotatable bonds is 0.